The maximum absolute atomic E-state index is 3.86. The fraction of sp³-hybridized carbons (Fsp3) is 1.00. The number of piperazine rings is 1. The van der Waals surface area contributed by atoms with E-state index >= 15 is 0 Å². The molecule has 1 atom stereocenters. The SMILES string of the molecule is CC1CN(CCNC(C2CC2)C2CC2)CCN1C. The van der Waals surface area contributed by atoms with Crippen molar-refractivity contribution in [1.29, 1.82) is 0 Å². The molecule has 0 aromatic carbocycles. The molecular formula is C15H29N3. The summed E-state index contributed by atoms with van der Waals surface area (Å²) in [6, 6.07) is 1.59. The lowest BCUT2D eigenvalue weighted by Crippen LogP contribution is -2.51. The molecule has 1 N–H and O–H groups in total. The summed E-state index contributed by atoms with van der Waals surface area (Å²) >= 11 is 0. The first-order valence-electron chi connectivity index (χ1n) is 7.90. The Bertz CT molecular complexity index is 261. The monoisotopic (exact) mass is 251 g/mol. The van der Waals surface area contributed by atoms with Crippen molar-refractivity contribution in [2.45, 2.75) is 44.7 Å². The molecule has 0 aromatic rings. The van der Waals surface area contributed by atoms with Crippen LogP contribution in [0.25, 0.3) is 0 Å². The minimum Gasteiger partial charge on any atom is -0.312 e. The molecule has 2 aliphatic carbocycles. The van der Waals surface area contributed by atoms with Gasteiger partial charge in [-0.3, -0.25) is 4.90 Å². The fourth-order valence-electron chi connectivity index (χ4n) is 3.35. The Morgan fingerprint density at radius 2 is 1.78 bits per heavy atom. The van der Waals surface area contributed by atoms with Gasteiger partial charge in [-0.2, -0.15) is 0 Å². The molecule has 0 spiro atoms. The Hall–Kier alpha value is -0.120. The van der Waals surface area contributed by atoms with Crippen molar-refractivity contribution in [3.05, 3.63) is 0 Å². The van der Waals surface area contributed by atoms with Crippen LogP contribution in [0.5, 0.6) is 0 Å². The first-order chi connectivity index (χ1) is 8.74. The molecule has 0 radical (unpaired) electrons. The maximum atomic E-state index is 3.86. The Kier molecular flexibility index (Phi) is 3.92. The standard InChI is InChI=1S/C15H29N3/c1-12-11-18(10-9-17(12)2)8-7-16-15(13-3-4-13)14-5-6-14/h12-16H,3-11H2,1-2H3. The predicted molar refractivity (Wildman–Crippen MR) is 75.8 cm³/mol. The summed E-state index contributed by atoms with van der Waals surface area (Å²) in [6.07, 6.45) is 5.94. The van der Waals surface area contributed by atoms with Crippen LogP contribution < -0.4 is 5.32 Å². The quantitative estimate of drug-likeness (QED) is 0.770. The molecule has 3 heteroatoms. The Labute approximate surface area is 112 Å². The maximum Gasteiger partial charge on any atom is 0.0192 e. The van der Waals surface area contributed by atoms with Crippen LogP contribution in [0, 0.1) is 11.8 Å². The van der Waals surface area contributed by atoms with E-state index in [9.17, 15) is 0 Å². The van der Waals surface area contributed by atoms with E-state index in [-0.39, 0.29) is 0 Å². The Balaban J connectivity index is 1.36. The number of likely N-dealkylation sites (N-methyl/N-ethyl adjacent to an activating group) is 1. The number of rotatable bonds is 6. The summed E-state index contributed by atoms with van der Waals surface area (Å²) in [5.74, 6) is 2.06. The summed E-state index contributed by atoms with van der Waals surface area (Å²) in [5, 5.41) is 3.86. The summed E-state index contributed by atoms with van der Waals surface area (Å²) in [7, 11) is 2.25. The third kappa shape index (κ3) is 3.25. The van der Waals surface area contributed by atoms with Gasteiger partial charge in [0.1, 0.15) is 0 Å². The second kappa shape index (κ2) is 5.48. The average molecular weight is 251 g/mol. The molecule has 104 valence electrons. The minimum atomic E-state index is 0.724. The van der Waals surface area contributed by atoms with E-state index in [1.54, 1.807) is 0 Å². The molecule has 1 unspecified atom stereocenters. The van der Waals surface area contributed by atoms with Gasteiger partial charge in [-0.25, -0.2) is 0 Å². The number of hydrogen-bond donors (Lipinski definition) is 1. The van der Waals surface area contributed by atoms with E-state index < -0.39 is 0 Å². The lowest BCUT2D eigenvalue weighted by molar-refractivity contribution is 0.105. The molecule has 0 aromatic heterocycles. The topological polar surface area (TPSA) is 18.5 Å². The zero-order valence-corrected chi connectivity index (χ0v) is 12.1. The highest BCUT2D eigenvalue weighted by Crippen LogP contribution is 2.44. The molecule has 1 saturated heterocycles. The fourth-order valence-corrected chi connectivity index (χ4v) is 3.35. The second-order valence-corrected chi connectivity index (χ2v) is 6.79. The van der Waals surface area contributed by atoms with Gasteiger partial charge in [-0.1, -0.05) is 0 Å². The van der Waals surface area contributed by atoms with Crippen LogP contribution in [0.1, 0.15) is 32.6 Å². The first-order valence-corrected chi connectivity index (χ1v) is 7.90. The number of nitrogens with one attached hydrogen (secondary N) is 1. The Morgan fingerprint density at radius 1 is 1.11 bits per heavy atom. The zero-order chi connectivity index (χ0) is 12.5. The first kappa shape index (κ1) is 12.9. The van der Waals surface area contributed by atoms with Crippen molar-refractivity contribution in [3.8, 4) is 0 Å². The van der Waals surface area contributed by atoms with Crippen molar-refractivity contribution in [2.24, 2.45) is 11.8 Å². The van der Waals surface area contributed by atoms with E-state index in [4.69, 9.17) is 0 Å². The van der Waals surface area contributed by atoms with Crippen molar-refractivity contribution >= 4 is 0 Å². The highest BCUT2D eigenvalue weighted by molar-refractivity contribution is 4.96. The number of hydrogen-bond acceptors (Lipinski definition) is 3. The van der Waals surface area contributed by atoms with E-state index in [1.807, 2.05) is 0 Å². The van der Waals surface area contributed by atoms with Gasteiger partial charge in [-0.05, 0) is 51.5 Å². The van der Waals surface area contributed by atoms with E-state index in [2.05, 4.69) is 29.1 Å². The van der Waals surface area contributed by atoms with E-state index in [0.717, 1.165) is 23.9 Å². The molecule has 3 rings (SSSR count). The van der Waals surface area contributed by atoms with Gasteiger partial charge in [0.2, 0.25) is 0 Å². The molecule has 0 amide bonds. The summed E-state index contributed by atoms with van der Waals surface area (Å²) in [6.45, 7) is 8.52. The molecule has 0 bridgehead atoms. The lowest BCUT2D eigenvalue weighted by Gasteiger charge is -2.38. The zero-order valence-electron chi connectivity index (χ0n) is 12.1. The van der Waals surface area contributed by atoms with Crippen molar-refractivity contribution in [3.63, 3.8) is 0 Å². The largest absolute Gasteiger partial charge is 0.312 e. The van der Waals surface area contributed by atoms with Crippen LogP contribution >= 0.6 is 0 Å². The van der Waals surface area contributed by atoms with Gasteiger partial charge >= 0.3 is 0 Å². The number of nitrogens with zero attached hydrogens (tertiary/aromatic N) is 2. The average Bonchev–Trinajstić information content (AvgIpc) is 3.22. The summed E-state index contributed by atoms with van der Waals surface area (Å²) in [5.41, 5.74) is 0. The molecule has 2 saturated carbocycles. The highest BCUT2D eigenvalue weighted by atomic mass is 15.3. The van der Waals surface area contributed by atoms with Gasteiger partial charge in [0.15, 0.2) is 0 Å². The van der Waals surface area contributed by atoms with Crippen LogP contribution in [-0.2, 0) is 0 Å². The molecule has 3 fully saturated rings. The minimum absolute atomic E-state index is 0.724. The van der Waals surface area contributed by atoms with E-state index in [0.29, 0.717) is 0 Å². The third-order valence-electron chi connectivity index (χ3n) is 5.11. The second-order valence-electron chi connectivity index (χ2n) is 6.79. The summed E-state index contributed by atoms with van der Waals surface area (Å²) in [4.78, 5) is 5.11. The van der Waals surface area contributed by atoms with Crippen LogP contribution in [0.2, 0.25) is 0 Å². The van der Waals surface area contributed by atoms with Gasteiger partial charge in [0.05, 0.1) is 0 Å². The Morgan fingerprint density at radius 3 is 2.33 bits per heavy atom. The van der Waals surface area contributed by atoms with Crippen molar-refractivity contribution < 1.29 is 0 Å². The smallest absolute Gasteiger partial charge is 0.0192 e. The van der Waals surface area contributed by atoms with Crippen LogP contribution in [0.3, 0.4) is 0 Å². The predicted octanol–water partition coefficient (Wildman–Crippen LogP) is 1.40. The van der Waals surface area contributed by atoms with Gasteiger partial charge in [-0.15, -0.1) is 0 Å². The lowest BCUT2D eigenvalue weighted by atomic mass is 10.1. The van der Waals surface area contributed by atoms with Gasteiger partial charge < -0.3 is 10.2 Å². The molecular weight excluding hydrogens is 222 g/mol. The van der Waals surface area contributed by atoms with Crippen LogP contribution in [0.4, 0.5) is 0 Å². The summed E-state index contributed by atoms with van der Waals surface area (Å²) < 4.78 is 0. The third-order valence-corrected chi connectivity index (χ3v) is 5.11. The highest BCUT2D eigenvalue weighted by Gasteiger charge is 2.40. The molecule has 1 heterocycles. The van der Waals surface area contributed by atoms with Gasteiger partial charge in [0.25, 0.3) is 0 Å². The van der Waals surface area contributed by atoms with Crippen LogP contribution in [-0.4, -0.2) is 61.7 Å². The normalized spacial score (nSPS) is 31.2. The molecule has 3 nitrogen and oxygen atoms in total. The molecule has 18 heavy (non-hydrogen) atoms. The molecule has 3 aliphatic rings. The van der Waals surface area contributed by atoms with Crippen LogP contribution in [0.15, 0.2) is 0 Å². The van der Waals surface area contributed by atoms with Crippen molar-refractivity contribution in [2.75, 3.05) is 39.8 Å². The molecule has 1 aliphatic heterocycles. The van der Waals surface area contributed by atoms with Gasteiger partial charge in [0, 0.05) is 44.8 Å². The van der Waals surface area contributed by atoms with Crippen molar-refractivity contribution in [1.82, 2.24) is 15.1 Å². The van der Waals surface area contributed by atoms with E-state index in [1.165, 1.54) is 58.4 Å².